The van der Waals surface area contributed by atoms with Crippen molar-refractivity contribution >= 4 is 33.8 Å². The fourth-order valence-corrected chi connectivity index (χ4v) is 4.78. The number of anilines is 1. The average Bonchev–Trinajstić information content (AvgIpc) is 3.36. The third-order valence-corrected chi connectivity index (χ3v) is 6.49. The molecular formula is C22H28N4S. The van der Waals surface area contributed by atoms with Crippen molar-refractivity contribution in [2.45, 2.75) is 51.0 Å². The number of benzene rings is 1. The number of H-pyrrole nitrogens is 1. The number of hydrogen-bond donors (Lipinski definition) is 4. The van der Waals surface area contributed by atoms with Crippen LogP contribution < -0.4 is 10.6 Å². The molecule has 0 amide bonds. The highest BCUT2D eigenvalue weighted by molar-refractivity contribution is 7.12. The lowest BCUT2D eigenvalue weighted by Crippen LogP contribution is -2.33. The Bertz CT molecular complexity index is 888. The first kappa shape index (κ1) is 18.3. The SMILES string of the molecule is CCCNC1CCC(c2c[nH]c3cc(NC(=N)c4cccs4)ccc23)CC1. The van der Waals surface area contributed by atoms with E-state index in [4.69, 9.17) is 5.41 Å². The average molecular weight is 381 g/mol. The van der Waals surface area contributed by atoms with E-state index in [0.29, 0.717) is 17.8 Å². The quantitative estimate of drug-likeness (QED) is 0.328. The molecule has 0 bridgehead atoms. The van der Waals surface area contributed by atoms with Gasteiger partial charge < -0.3 is 15.6 Å². The van der Waals surface area contributed by atoms with Crippen LogP contribution in [0, 0.1) is 5.41 Å². The maximum Gasteiger partial charge on any atom is 0.140 e. The molecule has 0 spiro atoms. The Kier molecular flexibility index (Phi) is 5.60. The van der Waals surface area contributed by atoms with Gasteiger partial charge in [-0.05, 0) is 73.7 Å². The van der Waals surface area contributed by atoms with Crippen molar-refractivity contribution in [3.05, 3.63) is 52.3 Å². The van der Waals surface area contributed by atoms with E-state index in [0.717, 1.165) is 22.6 Å². The normalized spacial score (nSPS) is 20.0. The molecule has 0 saturated heterocycles. The summed E-state index contributed by atoms with van der Waals surface area (Å²) in [6.07, 6.45) is 8.48. The first-order valence-electron chi connectivity index (χ1n) is 9.98. The molecule has 0 unspecified atom stereocenters. The van der Waals surface area contributed by atoms with Crippen molar-refractivity contribution in [1.29, 1.82) is 5.41 Å². The van der Waals surface area contributed by atoms with Crippen molar-refractivity contribution in [1.82, 2.24) is 10.3 Å². The minimum Gasteiger partial charge on any atom is -0.361 e. The number of aromatic amines is 1. The van der Waals surface area contributed by atoms with Crippen LogP contribution in [-0.2, 0) is 0 Å². The first-order chi connectivity index (χ1) is 13.2. The van der Waals surface area contributed by atoms with Crippen LogP contribution >= 0.6 is 11.3 Å². The Morgan fingerprint density at radius 3 is 2.81 bits per heavy atom. The monoisotopic (exact) mass is 380 g/mol. The van der Waals surface area contributed by atoms with Crippen LogP contribution in [0.15, 0.2) is 41.9 Å². The molecule has 1 aliphatic carbocycles. The summed E-state index contributed by atoms with van der Waals surface area (Å²) in [5.74, 6) is 1.11. The number of rotatable bonds is 6. The lowest BCUT2D eigenvalue weighted by molar-refractivity contribution is 0.344. The maximum atomic E-state index is 8.21. The molecule has 1 aliphatic rings. The van der Waals surface area contributed by atoms with Crippen LogP contribution in [-0.4, -0.2) is 23.4 Å². The number of nitrogens with one attached hydrogen (secondary N) is 4. The Labute approximate surface area is 164 Å². The fourth-order valence-electron chi connectivity index (χ4n) is 4.15. The van der Waals surface area contributed by atoms with Crippen LogP contribution in [0.2, 0.25) is 0 Å². The van der Waals surface area contributed by atoms with Crippen LogP contribution in [0.5, 0.6) is 0 Å². The predicted molar refractivity (Wildman–Crippen MR) is 116 cm³/mol. The zero-order chi connectivity index (χ0) is 18.6. The second-order valence-corrected chi connectivity index (χ2v) is 8.43. The molecule has 0 radical (unpaired) electrons. The number of fused-ring (bicyclic) bond motifs is 1. The molecule has 1 saturated carbocycles. The second kappa shape index (κ2) is 8.28. The Morgan fingerprint density at radius 1 is 1.22 bits per heavy atom. The Morgan fingerprint density at radius 2 is 2.07 bits per heavy atom. The molecule has 1 aromatic carbocycles. The summed E-state index contributed by atoms with van der Waals surface area (Å²) >= 11 is 1.58. The van der Waals surface area contributed by atoms with Crippen molar-refractivity contribution in [2.24, 2.45) is 0 Å². The topological polar surface area (TPSA) is 63.7 Å². The number of amidine groups is 1. The summed E-state index contributed by atoms with van der Waals surface area (Å²) in [7, 11) is 0. The molecule has 1 fully saturated rings. The molecular weight excluding hydrogens is 352 g/mol. The minimum atomic E-state index is 0.453. The van der Waals surface area contributed by atoms with E-state index in [1.165, 1.54) is 43.1 Å². The molecule has 5 heteroatoms. The molecule has 2 aromatic heterocycles. The van der Waals surface area contributed by atoms with E-state index in [-0.39, 0.29) is 0 Å². The van der Waals surface area contributed by atoms with Gasteiger partial charge in [-0.3, -0.25) is 5.41 Å². The van der Waals surface area contributed by atoms with Gasteiger partial charge in [0, 0.05) is 28.8 Å². The second-order valence-electron chi connectivity index (χ2n) is 7.48. The zero-order valence-electron chi connectivity index (χ0n) is 15.8. The number of thiophene rings is 1. The largest absolute Gasteiger partial charge is 0.361 e. The fraction of sp³-hybridized carbons (Fsp3) is 0.409. The van der Waals surface area contributed by atoms with Gasteiger partial charge in [0.25, 0.3) is 0 Å². The van der Waals surface area contributed by atoms with Crippen LogP contribution in [0.3, 0.4) is 0 Å². The van der Waals surface area contributed by atoms with E-state index < -0.39 is 0 Å². The highest BCUT2D eigenvalue weighted by atomic mass is 32.1. The summed E-state index contributed by atoms with van der Waals surface area (Å²) in [5, 5.41) is 18.4. The molecule has 3 aromatic rings. The summed E-state index contributed by atoms with van der Waals surface area (Å²) < 4.78 is 0. The molecule has 4 nitrogen and oxygen atoms in total. The van der Waals surface area contributed by atoms with Crippen molar-refractivity contribution in [2.75, 3.05) is 11.9 Å². The molecule has 4 N–H and O–H groups in total. The lowest BCUT2D eigenvalue weighted by Gasteiger charge is -2.29. The van der Waals surface area contributed by atoms with Gasteiger partial charge in [0.1, 0.15) is 5.84 Å². The minimum absolute atomic E-state index is 0.453. The van der Waals surface area contributed by atoms with E-state index in [1.54, 1.807) is 11.3 Å². The number of aromatic nitrogens is 1. The Balaban J connectivity index is 1.44. The summed E-state index contributed by atoms with van der Waals surface area (Å²) in [4.78, 5) is 4.41. The highest BCUT2D eigenvalue weighted by Crippen LogP contribution is 2.37. The van der Waals surface area contributed by atoms with Crippen LogP contribution in [0.1, 0.15) is 55.4 Å². The molecule has 0 atom stereocenters. The Hall–Kier alpha value is -2.11. The molecule has 142 valence electrons. The number of hydrogen-bond acceptors (Lipinski definition) is 3. The predicted octanol–water partition coefficient (Wildman–Crippen LogP) is 5.69. The first-order valence-corrected chi connectivity index (χ1v) is 10.9. The van der Waals surface area contributed by atoms with Gasteiger partial charge in [-0.1, -0.05) is 19.1 Å². The smallest absolute Gasteiger partial charge is 0.140 e. The van der Waals surface area contributed by atoms with Gasteiger partial charge in [-0.2, -0.15) is 0 Å². The van der Waals surface area contributed by atoms with Crippen molar-refractivity contribution in [3.63, 3.8) is 0 Å². The highest BCUT2D eigenvalue weighted by Gasteiger charge is 2.23. The third kappa shape index (κ3) is 4.09. The third-order valence-electron chi connectivity index (χ3n) is 5.60. The van der Waals surface area contributed by atoms with Gasteiger partial charge in [0.05, 0.1) is 4.88 Å². The van der Waals surface area contributed by atoms with E-state index in [2.05, 4.69) is 46.9 Å². The maximum absolute atomic E-state index is 8.21. The van der Waals surface area contributed by atoms with Gasteiger partial charge in [-0.15, -0.1) is 11.3 Å². The van der Waals surface area contributed by atoms with Gasteiger partial charge in [-0.25, -0.2) is 0 Å². The van der Waals surface area contributed by atoms with Gasteiger partial charge in [0.15, 0.2) is 0 Å². The van der Waals surface area contributed by atoms with Crippen molar-refractivity contribution in [3.8, 4) is 0 Å². The molecule has 2 heterocycles. The van der Waals surface area contributed by atoms with Gasteiger partial charge >= 0.3 is 0 Å². The molecule has 27 heavy (non-hydrogen) atoms. The summed E-state index contributed by atoms with van der Waals surface area (Å²) in [6.45, 7) is 3.37. The summed E-state index contributed by atoms with van der Waals surface area (Å²) in [6, 6.07) is 11.1. The van der Waals surface area contributed by atoms with E-state index in [9.17, 15) is 0 Å². The standard InChI is InChI=1S/C22H28N4S/c1-2-11-24-16-7-5-15(6-8-16)19-14-25-20-13-17(9-10-18(19)20)26-22(23)21-4-3-12-27-21/h3-4,9-10,12-16,24-25H,2,5-8,11H2,1H3,(H2,23,26). The molecule has 4 rings (SSSR count). The lowest BCUT2D eigenvalue weighted by atomic mass is 9.81. The van der Waals surface area contributed by atoms with Crippen LogP contribution in [0.4, 0.5) is 5.69 Å². The van der Waals surface area contributed by atoms with Crippen LogP contribution in [0.25, 0.3) is 10.9 Å². The molecule has 0 aliphatic heterocycles. The zero-order valence-corrected chi connectivity index (χ0v) is 16.7. The van der Waals surface area contributed by atoms with Gasteiger partial charge in [0.2, 0.25) is 0 Å². The van der Waals surface area contributed by atoms with E-state index in [1.807, 2.05) is 17.5 Å². The summed E-state index contributed by atoms with van der Waals surface area (Å²) in [5.41, 5.74) is 3.57. The van der Waals surface area contributed by atoms with Crippen molar-refractivity contribution < 1.29 is 0 Å². The van der Waals surface area contributed by atoms with E-state index >= 15 is 0 Å².